The Morgan fingerprint density at radius 3 is 2.85 bits per heavy atom. The highest BCUT2D eigenvalue weighted by Crippen LogP contribution is 2.22. The van der Waals surface area contributed by atoms with Gasteiger partial charge in [-0.25, -0.2) is 4.39 Å². The fourth-order valence-electron chi connectivity index (χ4n) is 2.80. The van der Waals surface area contributed by atoms with Crippen molar-refractivity contribution in [1.82, 2.24) is 9.80 Å². The molecule has 1 aromatic rings. The summed E-state index contributed by atoms with van der Waals surface area (Å²) >= 11 is 0. The van der Waals surface area contributed by atoms with Crippen molar-refractivity contribution in [3.8, 4) is 6.07 Å². The second kappa shape index (κ2) is 6.31. The lowest BCUT2D eigenvalue weighted by molar-refractivity contribution is 0.169. The molecular weight excluding hydrogens is 257 g/mol. The minimum Gasteiger partial charge on any atom is -0.392 e. The quantitative estimate of drug-likeness (QED) is 0.898. The summed E-state index contributed by atoms with van der Waals surface area (Å²) in [7, 11) is 4.00. The zero-order chi connectivity index (χ0) is 14.7. The number of nitrogens with zero attached hydrogens (tertiary/aromatic N) is 3. The fraction of sp³-hybridized carbons (Fsp3) is 0.533. The van der Waals surface area contributed by atoms with Crippen LogP contribution in [0.4, 0.5) is 4.39 Å². The van der Waals surface area contributed by atoms with E-state index in [2.05, 4.69) is 9.80 Å². The van der Waals surface area contributed by atoms with Crippen molar-refractivity contribution in [2.75, 3.05) is 27.2 Å². The van der Waals surface area contributed by atoms with Crippen molar-refractivity contribution < 1.29 is 9.50 Å². The average Bonchev–Trinajstić information content (AvgIpc) is 2.67. The maximum absolute atomic E-state index is 13.4. The van der Waals surface area contributed by atoms with Crippen LogP contribution in [0.1, 0.15) is 17.5 Å². The molecule has 20 heavy (non-hydrogen) atoms. The second-order valence-electron chi connectivity index (χ2n) is 5.69. The minimum absolute atomic E-state index is 0.258. The molecule has 108 valence electrons. The third-order valence-electron chi connectivity index (χ3n) is 3.55. The lowest BCUT2D eigenvalue weighted by Crippen LogP contribution is -2.37. The maximum Gasteiger partial charge on any atom is 0.124 e. The molecule has 2 atom stereocenters. The van der Waals surface area contributed by atoms with Gasteiger partial charge in [0, 0.05) is 25.7 Å². The molecule has 2 unspecified atom stereocenters. The molecule has 1 saturated heterocycles. The summed E-state index contributed by atoms with van der Waals surface area (Å²) in [5.74, 6) is -0.386. The summed E-state index contributed by atoms with van der Waals surface area (Å²) < 4.78 is 13.4. The molecular formula is C15H20FN3O. The number of rotatable bonds is 4. The van der Waals surface area contributed by atoms with Crippen molar-refractivity contribution in [2.24, 2.45) is 0 Å². The number of halogens is 1. The first-order valence-electron chi connectivity index (χ1n) is 6.74. The molecule has 0 bridgehead atoms. The Morgan fingerprint density at radius 2 is 2.20 bits per heavy atom. The first kappa shape index (κ1) is 14.9. The highest BCUT2D eigenvalue weighted by Gasteiger charge is 2.31. The number of benzene rings is 1. The van der Waals surface area contributed by atoms with Crippen LogP contribution in [0.15, 0.2) is 18.2 Å². The van der Waals surface area contributed by atoms with Gasteiger partial charge in [-0.15, -0.1) is 0 Å². The summed E-state index contributed by atoms with van der Waals surface area (Å²) in [5, 5.41) is 18.7. The summed E-state index contributed by atoms with van der Waals surface area (Å²) in [5.41, 5.74) is 1.11. The van der Waals surface area contributed by atoms with Crippen LogP contribution in [-0.2, 0) is 6.54 Å². The molecule has 1 heterocycles. The van der Waals surface area contributed by atoms with Gasteiger partial charge in [0.05, 0.1) is 17.7 Å². The summed E-state index contributed by atoms with van der Waals surface area (Å²) in [6.45, 7) is 2.01. The number of aliphatic hydroxyl groups excluding tert-OH is 1. The SMILES string of the molecule is CN(C)CC1CC(O)CN1Cc1cc(F)cc(C#N)c1. The number of likely N-dealkylation sites (tertiary alicyclic amines) is 1. The molecule has 0 radical (unpaired) electrons. The molecule has 2 rings (SSSR count). The van der Waals surface area contributed by atoms with Crippen LogP contribution in [0.3, 0.4) is 0 Å². The Hall–Kier alpha value is -1.48. The predicted molar refractivity (Wildman–Crippen MR) is 74.5 cm³/mol. The lowest BCUT2D eigenvalue weighted by atomic mass is 10.1. The third kappa shape index (κ3) is 3.76. The number of likely N-dealkylation sites (N-methyl/N-ethyl adjacent to an activating group) is 1. The summed E-state index contributed by atoms with van der Waals surface area (Å²) in [6.07, 6.45) is 0.405. The van der Waals surface area contributed by atoms with Gasteiger partial charge in [0.2, 0.25) is 0 Å². The molecule has 0 saturated carbocycles. The van der Waals surface area contributed by atoms with Gasteiger partial charge in [0.1, 0.15) is 5.82 Å². The molecule has 1 N–H and O–H groups in total. The van der Waals surface area contributed by atoms with Crippen LogP contribution >= 0.6 is 0 Å². The van der Waals surface area contributed by atoms with Gasteiger partial charge in [0.25, 0.3) is 0 Å². The van der Waals surface area contributed by atoms with E-state index in [1.165, 1.54) is 12.1 Å². The first-order chi connectivity index (χ1) is 9.47. The molecule has 5 heteroatoms. The third-order valence-corrected chi connectivity index (χ3v) is 3.55. The molecule has 0 aliphatic carbocycles. The monoisotopic (exact) mass is 277 g/mol. The fourth-order valence-corrected chi connectivity index (χ4v) is 2.80. The highest BCUT2D eigenvalue weighted by molar-refractivity contribution is 5.33. The number of nitriles is 1. The Kier molecular flexibility index (Phi) is 4.71. The van der Waals surface area contributed by atoms with Gasteiger partial charge in [-0.2, -0.15) is 5.26 Å². The molecule has 1 aromatic carbocycles. The minimum atomic E-state index is -0.386. The maximum atomic E-state index is 13.4. The zero-order valence-corrected chi connectivity index (χ0v) is 11.9. The topological polar surface area (TPSA) is 50.5 Å². The van der Waals surface area contributed by atoms with E-state index in [4.69, 9.17) is 5.26 Å². The van der Waals surface area contributed by atoms with Gasteiger partial charge < -0.3 is 10.0 Å². The van der Waals surface area contributed by atoms with E-state index >= 15 is 0 Å². The molecule has 1 aliphatic rings. The van der Waals surface area contributed by atoms with Crippen LogP contribution in [0.5, 0.6) is 0 Å². The van der Waals surface area contributed by atoms with Gasteiger partial charge in [-0.1, -0.05) is 0 Å². The van der Waals surface area contributed by atoms with Crippen molar-refractivity contribution >= 4 is 0 Å². The summed E-state index contributed by atoms with van der Waals surface area (Å²) in [4.78, 5) is 4.24. The zero-order valence-electron chi connectivity index (χ0n) is 11.9. The van der Waals surface area contributed by atoms with Crippen molar-refractivity contribution in [1.29, 1.82) is 5.26 Å². The highest BCUT2D eigenvalue weighted by atomic mass is 19.1. The summed E-state index contributed by atoms with van der Waals surface area (Å²) in [6, 6.07) is 6.63. The van der Waals surface area contributed by atoms with Crippen LogP contribution in [-0.4, -0.2) is 54.2 Å². The second-order valence-corrected chi connectivity index (χ2v) is 5.69. The molecule has 4 nitrogen and oxygen atoms in total. The van der Waals surface area contributed by atoms with Crippen LogP contribution in [0.25, 0.3) is 0 Å². The normalized spacial score (nSPS) is 23.2. The van der Waals surface area contributed by atoms with Crippen molar-refractivity contribution in [3.63, 3.8) is 0 Å². The molecule has 1 aliphatic heterocycles. The van der Waals surface area contributed by atoms with Crippen LogP contribution in [0, 0.1) is 17.1 Å². The number of hydrogen-bond donors (Lipinski definition) is 1. The number of hydrogen-bond acceptors (Lipinski definition) is 4. The predicted octanol–water partition coefficient (Wildman–Crippen LogP) is 1.19. The van der Waals surface area contributed by atoms with E-state index in [-0.39, 0.29) is 18.0 Å². The smallest absolute Gasteiger partial charge is 0.124 e. The molecule has 1 fully saturated rings. The average molecular weight is 277 g/mol. The lowest BCUT2D eigenvalue weighted by Gasteiger charge is -2.26. The van der Waals surface area contributed by atoms with Crippen molar-refractivity contribution in [2.45, 2.75) is 25.1 Å². The Morgan fingerprint density at radius 1 is 1.45 bits per heavy atom. The Labute approximate surface area is 119 Å². The van der Waals surface area contributed by atoms with E-state index in [0.717, 1.165) is 18.5 Å². The van der Waals surface area contributed by atoms with E-state index in [9.17, 15) is 9.50 Å². The standard InChI is InChI=1S/C15H20FN3O/c1-18(2)9-14-6-15(20)10-19(14)8-12-3-11(7-17)4-13(16)5-12/h3-5,14-15,20H,6,8-10H2,1-2H3. The van der Waals surface area contributed by atoms with Gasteiger partial charge in [-0.05, 0) is 44.3 Å². The molecule has 0 amide bonds. The van der Waals surface area contributed by atoms with E-state index in [1.807, 2.05) is 20.2 Å². The van der Waals surface area contributed by atoms with Gasteiger partial charge in [-0.3, -0.25) is 4.90 Å². The van der Waals surface area contributed by atoms with E-state index in [1.54, 1.807) is 6.07 Å². The van der Waals surface area contributed by atoms with Crippen LogP contribution in [0.2, 0.25) is 0 Å². The van der Waals surface area contributed by atoms with E-state index in [0.29, 0.717) is 18.7 Å². The van der Waals surface area contributed by atoms with Gasteiger partial charge in [0.15, 0.2) is 0 Å². The Balaban J connectivity index is 2.11. The van der Waals surface area contributed by atoms with Gasteiger partial charge >= 0.3 is 0 Å². The number of β-amino-alcohol motifs (C(OH)–C–C–N with tert-alkyl or cyclic N) is 1. The number of aliphatic hydroxyl groups is 1. The van der Waals surface area contributed by atoms with Crippen molar-refractivity contribution in [3.05, 3.63) is 35.1 Å². The Bertz CT molecular complexity index is 512. The van der Waals surface area contributed by atoms with E-state index < -0.39 is 0 Å². The molecule has 0 aromatic heterocycles. The molecule has 0 spiro atoms. The van der Waals surface area contributed by atoms with Crippen LogP contribution < -0.4 is 0 Å². The largest absolute Gasteiger partial charge is 0.392 e. The first-order valence-corrected chi connectivity index (χ1v) is 6.74.